The lowest BCUT2D eigenvalue weighted by molar-refractivity contribution is -0.138. The molecule has 0 heterocycles. The number of carbonyl (C=O) groups excluding carboxylic acids is 1. The van der Waals surface area contributed by atoms with Gasteiger partial charge in [-0.25, -0.2) is 4.79 Å². The molecule has 0 saturated carbocycles. The van der Waals surface area contributed by atoms with Crippen LogP contribution in [0.1, 0.15) is 34.6 Å². The molecule has 0 amide bonds. The van der Waals surface area contributed by atoms with Crippen molar-refractivity contribution in [1.29, 1.82) is 0 Å². The second-order valence-electron chi connectivity index (χ2n) is 4.31. The van der Waals surface area contributed by atoms with Crippen LogP contribution in [0.25, 0.3) is 0 Å². The molecular formula is C12H23NO2. The summed E-state index contributed by atoms with van der Waals surface area (Å²) < 4.78 is 5.01. The average Bonchev–Trinajstić information content (AvgIpc) is 2.12. The Bertz CT molecular complexity index is 232. The first-order valence-electron chi connectivity index (χ1n) is 5.49. The molecule has 0 aromatic carbocycles. The number of hydrogen-bond donors (Lipinski definition) is 1. The second kappa shape index (κ2) is 6.62. The molecule has 3 heteroatoms. The van der Waals surface area contributed by atoms with Crippen LogP contribution in [0.2, 0.25) is 0 Å². The van der Waals surface area contributed by atoms with Crippen LogP contribution in [0.15, 0.2) is 11.1 Å². The first-order chi connectivity index (χ1) is 6.91. The van der Waals surface area contributed by atoms with E-state index in [4.69, 9.17) is 10.5 Å². The van der Waals surface area contributed by atoms with Crippen molar-refractivity contribution < 1.29 is 9.53 Å². The highest BCUT2D eigenvalue weighted by molar-refractivity contribution is 5.88. The average molecular weight is 213 g/mol. The van der Waals surface area contributed by atoms with Gasteiger partial charge in [0.1, 0.15) is 6.61 Å². The van der Waals surface area contributed by atoms with E-state index in [0.717, 1.165) is 11.1 Å². The third-order valence-electron chi connectivity index (χ3n) is 2.33. The lowest BCUT2D eigenvalue weighted by atomic mass is 9.88. The molecule has 88 valence electrons. The molecule has 15 heavy (non-hydrogen) atoms. The predicted molar refractivity (Wildman–Crippen MR) is 62.4 cm³/mol. The van der Waals surface area contributed by atoms with Crippen LogP contribution in [-0.4, -0.2) is 19.1 Å². The zero-order chi connectivity index (χ0) is 12.0. The summed E-state index contributed by atoms with van der Waals surface area (Å²) in [4.78, 5) is 11.6. The number of hydrogen-bond acceptors (Lipinski definition) is 3. The van der Waals surface area contributed by atoms with Crippen molar-refractivity contribution in [3.63, 3.8) is 0 Å². The van der Waals surface area contributed by atoms with Crippen LogP contribution in [0.5, 0.6) is 0 Å². The summed E-state index contributed by atoms with van der Waals surface area (Å²) in [6.45, 7) is 10.9. The van der Waals surface area contributed by atoms with Crippen LogP contribution >= 0.6 is 0 Å². The Morgan fingerprint density at radius 3 is 2.00 bits per heavy atom. The molecule has 0 aliphatic rings. The highest BCUT2D eigenvalue weighted by atomic mass is 16.5. The zero-order valence-corrected chi connectivity index (χ0v) is 10.5. The summed E-state index contributed by atoms with van der Waals surface area (Å²) in [5.74, 6) is 0.503. The van der Waals surface area contributed by atoms with Crippen molar-refractivity contribution >= 4 is 5.97 Å². The molecule has 0 bridgehead atoms. The van der Waals surface area contributed by atoms with Gasteiger partial charge in [0.25, 0.3) is 0 Å². The van der Waals surface area contributed by atoms with Crippen LogP contribution in [0, 0.1) is 11.8 Å². The smallest absolute Gasteiger partial charge is 0.333 e. The number of allylic oxidation sites excluding steroid dienone is 1. The molecule has 0 atom stereocenters. The van der Waals surface area contributed by atoms with Crippen molar-refractivity contribution in [3.05, 3.63) is 11.1 Å². The van der Waals surface area contributed by atoms with Gasteiger partial charge in [0.2, 0.25) is 0 Å². The molecule has 0 aromatic rings. The summed E-state index contributed by atoms with van der Waals surface area (Å²) in [5.41, 5.74) is 7.17. The SMILES string of the molecule is CC(C(=O)OCCN)=C(C(C)C)C(C)C. The Morgan fingerprint density at radius 2 is 1.67 bits per heavy atom. The van der Waals surface area contributed by atoms with Gasteiger partial charge < -0.3 is 10.5 Å². The maximum atomic E-state index is 11.6. The van der Waals surface area contributed by atoms with Crippen molar-refractivity contribution in [2.75, 3.05) is 13.2 Å². The Balaban J connectivity index is 4.77. The summed E-state index contributed by atoms with van der Waals surface area (Å²) >= 11 is 0. The lowest BCUT2D eigenvalue weighted by Crippen LogP contribution is -2.17. The minimum absolute atomic E-state index is 0.238. The van der Waals surface area contributed by atoms with Gasteiger partial charge in [0.15, 0.2) is 0 Å². The molecule has 0 rings (SSSR count). The minimum atomic E-state index is -0.238. The van der Waals surface area contributed by atoms with Crippen molar-refractivity contribution in [2.24, 2.45) is 17.6 Å². The van der Waals surface area contributed by atoms with Gasteiger partial charge in [0, 0.05) is 12.1 Å². The minimum Gasteiger partial charge on any atom is -0.461 e. The number of esters is 1. The maximum absolute atomic E-state index is 11.6. The molecule has 0 aliphatic heterocycles. The Morgan fingerprint density at radius 1 is 1.20 bits per heavy atom. The van der Waals surface area contributed by atoms with E-state index in [1.54, 1.807) is 0 Å². The van der Waals surface area contributed by atoms with Crippen molar-refractivity contribution in [2.45, 2.75) is 34.6 Å². The molecule has 2 N–H and O–H groups in total. The first kappa shape index (κ1) is 14.2. The highest BCUT2D eigenvalue weighted by Gasteiger charge is 2.17. The van der Waals surface area contributed by atoms with Gasteiger partial charge >= 0.3 is 5.97 Å². The number of rotatable bonds is 5. The van der Waals surface area contributed by atoms with E-state index < -0.39 is 0 Å². The molecule has 0 aliphatic carbocycles. The van der Waals surface area contributed by atoms with E-state index in [2.05, 4.69) is 27.7 Å². The Kier molecular flexibility index (Phi) is 6.25. The molecule has 0 fully saturated rings. The second-order valence-corrected chi connectivity index (χ2v) is 4.31. The standard InChI is InChI=1S/C12H23NO2/c1-8(2)11(9(3)4)10(5)12(14)15-7-6-13/h8-9H,6-7,13H2,1-5H3. The summed E-state index contributed by atoms with van der Waals surface area (Å²) in [6, 6.07) is 0. The Hall–Kier alpha value is -0.830. The normalized spacial score (nSPS) is 10.7. The number of nitrogens with two attached hydrogens (primary N) is 1. The van der Waals surface area contributed by atoms with E-state index in [1.807, 2.05) is 6.92 Å². The topological polar surface area (TPSA) is 52.3 Å². The largest absolute Gasteiger partial charge is 0.461 e. The molecule has 0 saturated heterocycles. The fraction of sp³-hybridized carbons (Fsp3) is 0.750. The number of ether oxygens (including phenoxy) is 1. The van der Waals surface area contributed by atoms with Gasteiger partial charge in [-0.1, -0.05) is 33.3 Å². The monoisotopic (exact) mass is 213 g/mol. The highest BCUT2D eigenvalue weighted by Crippen LogP contribution is 2.23. The lowest BCUT2D eigenvalue weighted by Gasteiger charge is -2.18. The van der Waals surface area contributed by atoms with Gasteiger partial charge in [0.05, 0.1) is 0 Å². The van der Waals surface area contributed by atoms with E-state index >= 15 is 0 Å². The van der Waals surface area contributed by atoms with E-state index in [-0.39, 0.29) is 5.97 Å². The zero-order valence-electron chi connectivity index (χ0n) is 10.5. The maximum Gasteiger partial charge on any atom is 0.333 e. The molecule has 3 nitrogen and oxygen atoms in total. The van der Waals surface area contributed by atoms with Crippen LogP contribution in [0.3, 0.4) is 0 Å². The van der Waals surface area contributed by atoms with Gasteiger partial charge in [-0.05, 0) is 18.8 Å². The third kappa shape index (κ3) is 4.47. The van der Waals surface area contributed by atoms with E-state index in [1.165, 1.54) is 0 Å². The molecule has 0 radical (unpaired) electrons. The summed E-state index contributed by atoms with van der Waals surface area (Å²) in [6.07, 6.45) is 0. The van der Waals surface area contributed by atoms with Crippen LogP contribution in [-0.2, 0) is 9.53 Å². The first-order valence-corrected chi connectivity index (χ1v) is 5.49. The fourth-order valence-electron chi connectivity index (χ4n) is 1.91. The number of carbonyl (C=O) groups is 1. The predicted octanol–water partition coefficient (Wildman–Crippen LogP) is 2.12. The Labute approximate surface area is 92.7 Å². The third-order valence-corrected chi connectivity index (χ3v) is 2.33. The van der Waals surface area contributed by atoms with Gasteiger partial charge in [-0.3, -0.25) is 0 Å². The van der Waals surface area contributed by atoms with Crippen LogP contribution in [0.4, 0.5) is 0 Å². The summed E-state index contributed by atoms with van der Waals surface area (Å²) in [7, 11) is 0. The quantitative estimate of drug-likeness (QED) is 0.562. The van der Waals surface area contributed by atoms with Gasteiger partial charge in [-0.15, -0.1) is 0 Å². The molecule has 0 spiro atoms. The molecule has 0 unspecified atom stereocenters. The summed E-state index contributed by atoms with van der Waals surface area (Å²) in [5, 5.41) is 0. The molecular weight excluding hydrogens is 190 g/mol. The van der Waals surface area contributed by atoms with E-state index in [9.17, 15) is 4.79 Å². The fourth-order valence-corrected chi connectivity index (χ4v) is 1.91. The molecule has 0 aromatic heterocycles. The van der Waals surface area contributed by atoms with Crippen molar-refractivity contribution in [1.82, 2.24) is 0 Å². The van der Waals surface area contributed by atoms with Crippen molar-refractivity contribution in [3.8, 4) is 0 Å². The van der Waals surface area contributed by atoms with E-state index in [0.29, 0.717) is 25.0 Å². The van der Waals surface area contributed by atoms with Gasteiger partial charge in [-0.2, -0.15) is 0 Å². The van der Waals surface area contributed by atoms with Crippen LogP contribution < -0.4 is 5.73 Å².